The molecular weight excluding hydrogens is 563 g/mol. The number of aromatic nitrogens is 1. The monoisotopic (exact) mass is 595 g/mol. The van der Waals surface area contributed by atoms with Crippen molar-refractivity contribution in [3.05, 3.63) is 66.9 Å². The van der Waals surface area contributed by atoms with Crippen molar-refractivity contribution in [3.8, 4) is 11.3 Å². The number of hydrogen-bond donors (Lipinski definition) is 2. The van der Waals surface area contributed by atoms with Crippen LogP contribution in [0.4, 0.5) is 0 Å². The van der Waals surface area contributed by atoms with Gasteiger partial charge in [0, 0.05) is 32.2 Å². The molecule has 1 heterocycles. The van der Waals surface area contributed by atoms with Gasteiger partial charge in [-0.2, -0.15) is 0 Å². The quantitative estimate of drug-likeness (QED) is 0.351. The normalized spacial score (nSPS) is 25.7. The summed E-state index contributed by atoms with van der Waals surface area (Å²) in [5.74, 6) is 0.769. The molecule has 3 aromatic rings. The molecule has 31 heavy (non-hydrogen) atoms. The zero-order chi connectivity index (χ0) is 20.8. The fraction of sp³-hybridized carbons (Fsp3) is 0.444. The Balaban J connectivity index is 0.000000172. The van der Waals surface area contributed by atoms with Gasteiger partial charge in [-0.25, -0.2) is 0 Å². The Hall–Kier alpha value is -1.58. The van der Waals surface area contributed by atoms with Gasteiger partial charge in [0.25, 0.3) is 0 Å². The van der Waals surface area contributed by atoms with Gasteiger partial charge in [0.2, 0.25) is 0 Å². The van der Waals surface area contributed by atoms with E-state index in [0.717, 1.165) is 36.9 Å². The molecule has 2 N–H and O–H groups in total. The first-order chi connectivity index (χ1) is 14.7. The molecule has 2 aromatic carbocycles. The third-order valence-corrected chi connectivity index (χ3v) is 6.70. The van der Waals surface area contributed by atoms with Crippen LogP contribution in [0.15, 0.2) is 60.8 Å². The molecule has 0 aliphatic heterocycles. The number of hydrogen-bond acceptors (Lipinski definition) is 3. The van der Waals surface area contributed by atoms with Crippen molar-refractivity contribution in [3.63, 3.8) is 0 Å². The molecule has 2 unspecified atom stereocenters. The Kier molecular flexibility index (Phi) is 9.22. The Morgan fingerprint density at radius 2 is 1.39 bits per heavy atom. The molecule has 2 fully saturated rings. The standard InChI is InChI=1S/C15H10N.C12H22O2.Ir/c1-2-6-12(7-3-1)15-10-13-8-4-5-9-14(13)11-16-15;13-10-7-3-1-5-9-6-2-4-8-11(14)12(9)10;/h1-6,8-11H;9-14H,1-8H2;/q-1;;. The maximum absolute atomic E-state index is 10.0. The van der Waals surface area contributed by atoms with E-state index in [-0.39, 0.29) is 38.2 Å². The Labute approximate surface area is 199 Å². The molecule has 5 rings (SSSR count). The van der Waals surface area contributed by atoms with Crippen molar-refractivity contribution in [2.45, 2.75) is 63.6 Å². The molecule has 2 aliphatic rings. The van der Waals surface area contributed by atoms with Gasteiger partial charge in [-0.3, -0.25) is 0 Å². The molecule has 2 aliphatic carbocycles. The molecule has 0 saturated heterocycles. The van der Waals surface area contributed by atoms with Crippen LogP contribution in [0.1, 0.15) is 51.4 Å². The summed E-state index contributed by atoms with van der Waals surface area (Å²) in [6.45, 7) is 0. The van der Waals surface area contributed by atoms with E-state index in [1.807, 2.05) is 42.6 Å². The van der Waals surface area contributed by atoms with Crippen LogP contribution in [0.3, 0.4) is 0 Å². The molecule has 1 aromatic heterocycles. The van der Waals surface area contributed by atoms with Gasteiger partial charge in [-0.15, -0.1) is 35.9 Å². The van der Waals surface area contributed by atoms with Crippen LogP contribution in [0.5, 0.6) is 0 Å². The van der Waals surface area contributed by atoms with Crippen LogP contribution in [0, 0.1) is 17.9 Å². The van der Waals surface area contributed by atoms with E-state index in [1.165, 1.54) is 36.5 Å². The Morgan fingerprint density at radius 3 is 2.03 bits per heavy atom. The van der Waals surface area contributed by atoms with Gasteiger partial charge < -0.3 is 15.2 Å². The molecule has 0 spiro atoms. The first kappa shape index (κ1) is 24.1. The number of nitrogens with zero attached hydrogens (tertiary/aromatic N) is 1. The van der Waals surface area contributed by atoms with Gasteiger partial charge >= 0.3 is 0 Å². The summed E-state index contributed by atoms with van der Waals surface area (Å²) in [7, 11) is 0. The van der Waals surface area contributed by atoms with Gasteiger partial charge in [0.15, 0.2) is 0 Å². The van der Waals surface area contributed by atoms with Crippen molar-refractivity contribution in [1.82, 2.24) is 4.98 Å². The largest absolute Gasteiger partial charge is 0.393 e. The summed E-state index contributed by atoms with van der Waals surface area (Å²) in [6.07, 6.45) is 10.4. The van der Waals surface area contributed by atoms with E-state index in [0.29, 0.717) is 5.92 Å². The van der Waals surface area contributed by atoms with Crippen molar-refractivity contribution in [2.75, 3.05) is 0 Å². The van der Waals surface area contributed by atoms with Crippen LogP contribution >= 0.6 is 0 Å². The molecule has 167 valence electrons. The second-order valence-electron chi connectivity index (χ2n) is 8.73. The van der Waals surface area contributed by atoms with Crippen LogP contribution in [-0.2, 0) is 20.1 Å². The third kappa shape index (κ3) is 6.23. The fourth-order valence-corrected chi connectivity index (χ4v) is 5.10. The molecule has 1 radical (unpaired) electrons. The van der Waals surface area contributed by atoms with E-state index in [4.69, 9.17) is 0 Å². The summed E-state index contributed by atoms with van der Waals surface area (Å²) in [4.78, 5) is 4.45. The average Bonchev–Trinajstić information content (AvgIpc) is 3.09. The number of fused-ring (bicyclic) bond motifs is 2. The second-order valence-corrected chi connectivity index (χ2v) is 8.73. The van der Waals surface area contributed by atoms with Crippen molar-refractivity contribution >= 4 is 10.8 Å². The Bertz CT molecular complexity index is 915. The molecular formula is C27H32IrNO2-. The first-order valence-corrected chi connectivity index (χ1v) is 11.4. The van der Waals surface area contributed by atoms with Gasteiger partial charge in [0.05, 0.1) is 12.2 Å². The van der Waals surface area contributed by atoms with E-state index >= 15 is 0 Å². The minimum absolute atomic E-state index is 0. The van der Waals surface area contributed by atoms with Crippen LogP contribution in [-0.4, -0.2) is 27.4 Å². The molecule has 0 amide bonds. The number of aliphatic hydroxyl groups excluding tert-OH is 2. The van der Waals surface area contributed by atoms with Gasteiger partial charge in [0.1, 0.15) is 0 Å². The summed E-state index contributed by atoms with van der Waals surface area (Å²) >= 11 is 0. The Morgan fingerprint density at radius 1 is 0.774 bits per heavy atom. The average molecular weight is 595 g/mol. The molecule has 3 nitrogen and oxygen atoms in total. The van der Waals surface area contributed by atoms with Crippen LogP contribution in [0.25, 0.3) is 22.0 Å². The summed E-state index contributed by atoms with van der Waals surface area (Å²) in [5.41, 5.74) is 2.01. The van der Waals surface area contributed by atoms with E-state index in [2.05, 4.69) is 29.2 Å². The van der Waals surface area contributed by atoms with E-state index in [9.17, 15) is 10.2 Å². The third-order valence-electron chi connectivity index (χ3n) is 6.70. The number of pyridine rings is 1. The molecule has 2 saturated carbocycles. The topological polar surface area (TPSA) is 53.4 Å². The van der Waals surface area contributed by atoms with Crippen molar-refractivity contribution in [1.29, 1.82) is 0 Å². The molecule has 4 heteroatoms. The van der Waals surface area contributed by atoms with Crippen molar-refractivity contribution < 1.29 is 30.3 Å². The fourth-order valence-electron chi connectivity index (χ4n) is 5.10. The van der Waals surface area contributed by atoms with E-state index < -0.39 is 0 Å². The smallest absolute Gasteiger partial charge is 0.0595 e. The second kappa shape index (κ2) is 11.9. The van der Waals surface area contributed by atoms with Gasteiger partial charge in [-0.05, 0) is 48.1 Å². The first-order valence-electron chi connectivity index (χ1n) is 11.4. The summed E-state index contributed by atoms with van der Waals surface area (Å²) < 4.78 is 0. The number of aliphatic hydroxyl groups is 2. The van der Waals surface area contributed by atoms with E-state index in [1.54, 1.807) is 0 Å². The molecule has 0 bridgehead atoms. The maximum atomic E-state index is 10.0. The number of rotatable bonds is 1. The summed E-state index contributed by atoms with van der Waals surface area (Å²) in [5, 5.41) is 22.4. The minimum atomic E-state index is -0.240. The maximum Gasteiger partial charge on any atom is 0.0595 e. The SMILES string of the molecule is OC1CCCCC2CCCCC(O)C12.[Ir].[c-]1ccccc1-c1cc2ccccc2cn1. The predicted molar refractivity (Wildman–Crippen MR) is 122 cm³/mol. The van der Waals surface area contributed by atoms with Crippen molar-refractivity contribution in [2.24, 2.45) is 11.8 Å². The number of benzene rings is 2. The van der Waals surface area contributed by atoms with Crippen LogP contribution in [0.2, 0.25) is 0 Å². The zero-order valence-corrected chi connectivity index (χ0v) is 20.3. The van der Waals surface area contributed by atoms with Crippen LogP contribution < -0.4 is 0 Å². The minimum Gasteiger partial charge on any atom is -0.393 e. The summed E-state index contributed by atoms with van der Waals surface area (Å²) in [6, 6.07) is 21.4. The zero-order valence-electron chi connectivity index (χ0n) is 17.9. The van der Waals surface area contributed by atoms with Gasteiger partial charge in [-0.1, -0.05) is 56.0 Å². The molecule has 2 atom stereocenters. The predicted octanol–water partition coefficient (Wildman–Crippen LogP) is 5.79.